The van der Waals surface area contributed by atoms with Crippen molar-refractivity contribution in [3.05, 3.63) is 24.2 Å². The molecular formula is C9H13NO2. The lowest BCUT2D eigenvalue weighted by atomic mass is 9.99. The van der Waals surface area contributed by atoms with E-state index >= 15 is 0 Å². The summed E-state index contributed by atoms with van der Waals surface area (Å²) in [5.41, 5.74) is 4.91. The van der Waals surface area contributed by atoms with Crippen LogP contribution in [0, 0.1) is 0 Å². The number of hydrogen-bond donors (Lipinski definition) is 2. The Balaban J connectivity index is 2.23. The number of nitrogens with two attached hydrogens (primary N) is 1. The molecule has 1 fully saturated rings. The molecule has 12 heavy (non-hydrogen) atoms. The average molecular weight is 167 g/mol. The van der Waals surface area contributed by atoms with Gasteiger partial charge >= 0.3 is 0 Å². The highest BCUT2D eigenvalue weighted by atomic mass is 16.4. The van der Waals surface area contributed by atoms with E-state index in [0.717, 1.165) is 6.42 Å². The Bertz CT molecular complexity index is 258. The monoisotopic (exact) mass is 167 g/mol. The van der Waals surface area contributed by atoms with Gasteiger partial charge in [0.05, 0.1) is 6.26 Å². The van der Waals surface area contributed by atoms with Crippen LogP contribution in [0.5, 0.6) is 0 Å². The van der Waals surface area contributed by atoms with Crippen LogP contribution in [0.15, 0.2) is 22.8 Å². The van der Waals surface area contributed by atoms with Gasteiger partial charge in [0.1, 0.15) is 11.4 Å². The molecule has 1 aliphatic rings. The van der Waals surface area contributed by atoms with E-state index in [4.69, 9.17) is 10.2 Å². The maximum absolute atomic E-state index is 10.0. The summed E-state index contributed by atoms with van der Waals surface area (Å²) in [7, 11) is 0. The summed E-state index contributed by atoms with van der Waals surface area (Å²) < 4.78 is 5.16. The van der Waals surface area contributed by atoms with Gasteiger partial charge in [-0.1, -0.05) is 0 Å². The molecule has 3 N–H and O–H groups in total. The molecule has 1 heterocycles. The van der Waals surface area contributed by atoms with Crippen molar-refractivity contribution < 1.29 is 9.52 Å². The number of hydrogen-bond acceptors (Lipinski definition) is 3. The van der Waals surface area contributed by atoms with Crippen LogP contribution in [0.25, 0.3) is 0 Å². The summed E-state index contributed by atoms with van der Waals surface area (Å²) >= 11 is 0. The molecule has 3 nitrogen and oxygen atoms in total. The van der Waals surface area contributed by atoms with Gasteiger partial charge < -0.3 is 15.3 Å². The average Bonchev–Trinajstić information content (AvgIpc) is 2.59. The van der Waals surface area contributed by atoms with Crippen molar-refractivity contribution in [3.8, 4) is 0 Å². The van der Waals surface area contributed by atoms with Gasteiger partial charge in [-0.2, -0.15) is 0 Å². The van der Waals surface area contributed by atoms with Gasteiger partial charge in [0, 0.05) is 6.04 Å². The molecule has 66 valence electrons. The van der Waals surface area contributed by atoms with Crippen molar-refractivity contribution in [2.75, 3.05) is 0 Å². The number of furan rings is 1. The Kier molecular flexibility index (Phi) is 1.70. The Labute approximate surface area is 71.2 Å². The minimum absolute atomic E-state index is 0.111. The van der Waals surface area contributed by atoms with Gasteiger partial charge in [0.2, 0.25) is 0 Å². The second-order valence-corrected chi connectivity index (χ2v) is 3.51. The maximum atomic E-state index is 10.0. The lowest BCUT2D eigenvalue weighted by molar-refractivity contribution is 0.0207. The summed E-state index contributed by atoms with van der Waals surface area (Å²) in [4.78, 5) is 0. The molecule has 0 radical (unpaired) electrons. The molecule has 2 atom stereocenters. The third kappa shape index (κ3) is 1.15. The van der Waals surface area contributed by atoms with Crippen LogP contribution in [-0.4, -0.2) is 11.1 Å². The minimum atomic E-state index is -0.803. The van der Waals surface area contributed by atoms with E-state index in [-0.39, 0.29) is 6.04 Å². The normalized spacial score (nSPS) is 35.7. The van der Waals surface area contributed by atoms with Crippen LogP contribution in [0.1, 0.15) is 25.0 Å². The predicted molar refractivity (Wildman–Crippen MR) is 44.4 cm³/mol. The highest BCUT2D eigenvalue weighted by Crippen LogP contribution is 2.37. The lowest BCUT2D eigenvalue weighted by Crippen LogP contribution is -2.24. The zero-order valence-electron chi connectivity index (χ0n) is 6.86. The standard InChI is InChI=1S/C9H13NO2/c10-7-3-4-9(11,6-7)8-2-1-5-12-8/h1-2,5,7,11H,3-4,6,10H2. The fraction of sp³-hybridized carbons (Fsp3) is 0.556. The second-order valence-electron chi connectivity index (χ2n) is 3.51. The predicted octanol–water partition coefficient (Wildman–Crippen LogP) is 0.978. The van der Waals surface area contributed by atoms with E-state index in [9.17, 15) is 5.11 Å². The molecule has 0 saturated heterocycles. The first-order valence-corrected chi connectivity index (χ1v) is 4.23. The Hall–Kier alpha value is -0.800. The smallest absolute Gasteiger partial charge is 0.135 e. The third-order valence-electron chi connectivity index (χ3n) is 2.51. The Morgan fingerprint density at radius 3 is 3.00 bits per heavy atom. The third-order valence-corrected chi connectivity index (χ3v) is 2.51. The molecule has 0 aromatic carbocycles. The van der Waals surface area contributed by atoms with Crippen LogP contribution in [0.3, 0.4) is 0 Å². The highest BCUT2D eigenvalue weighted by molar-refractivity contribution is 5.12. The van der Waals surface area contributed by atoms with E-state index in [0.29, 0.717) is 18.6 Å². The van der Waals surface area contributed by atoms with E-state index in [2.05, 4.69) is 0 Å². The van der Waals surface area contributed by atoms with E-state index < -0.39 is 5.60 Å². The molecule has 2 unspecified atom stereocenters. The molecule has 1 aliphatic carbocycles. The zero-order chi connectivity index (χ0) is 8.60. The molecule has 0 aliphatic heterocycles. The van der Waals surface area contributed by atoms with E-state index in [1.54, 1.807) is 18.4 Å². The largest absolute Gasteiger partial charge is 0.466 e. The van der Waals surface area contributed by atoms with Crippen molar-refractivity contribution in [2.24, 2.45) is 5.73 Å². The fourth-order valence-corrected chi connectivity index (χ4v) is 1.83. The van der Waals surface area contributed by atoms with Gasteiger partial charge in [0.25, 0.3) is 0 Å². The summed E-state index contributed by atoms with van der Waals surface area (Å²) in [5.74, 6) is 0.649. The Morgan fingerprint density at radius 2 is 2.50 bits per heavy atom. The van der Waals surface area contributed by atoms with Crippen molar-refractivity contribution in [1.29, 1.82) is 0 Å². The van der Waals surface area contributed by atoms with Crippen LogP contribution < -0.4 is 5.73 Å². The quantitative estimate of drug-likeness (QED) is 0.655. The van der Waals surface area contributed by atoms with Crippen LogP contribution in [0.4, 0.5) is 0 Å². The molecule has 0 spiro atoms. The van der Waals surface area contributed by atoms with Crippen molar-refractivity contribution in [1.82, 2.24) is 0 Å². The fourth-order valence-electron chi connectivity index (χ4n) is 1.83. The molecule has 0 amide bonds. The topological polar surface area (TPSA) is 59.4 Å². The molecule has 3 heteroatoms. The van der Waals surface area contributed by atoms with Gasteiger partial charge in [-0.15, -0.1) is 0 Å². The molecular weight excluding hydrogens is 154 g/mol. The van der Waals surface area contributed by atoms with Crippen molar-refractivity contribution >= 4 is 0 Å². The summed E-state index contributed by atoms with van der Waals surface area (Å²) in [6, 6.07) is 3.70. The highest BCUT2D eigenvalue weighted by Gasteiger charge is 2.39. The van der Waals surface area contributed by atoms with Crippen LogP contribution >= 0.6 is 0 Å². The second kappa shape index (κ2) is 2.61. The van der Waals surface area contributed by atoms with Crippen LogP contribution in [0.2, 0.25) is 0 Å². The van der Waals surface area contributed by atoms with Gasteiger partial charge in [-0.25, -0.2) is 0 Å². The first kappa shape index (κ1) is 7.83. The maximum Gasteiger partial charge on any atom is 0.135 e. The molecule has 1 aromatic rings. The zero-order valence-corrected chi connectivity index (χ0v) is 6.86. The van der Waals surface area contributed by atoms with E-state index in [1.165, 1.54) is 0 Å². The van der Waals surface area contributed by atoms with Gasteiger partial charge in [-0.3, -0.25) is 0 Å². The van der Waals surface area contributed by atoms with Gasteiger partial charge in [-0.05, 0) is 31.4 Å². The minimum Gasteiger partial charge on any atom is -0.466 e. The number of rotatable bonds is 1. The molecule has 2 rings (SSSR count). The Morgan fingerprint density at radius 1 is 1.67 bits per heavy atom. The lowest BCUT2D eigenvalue weighted by Gasteiger charge is -2.18. The summed E-state index contributed by atoms with van der Waals surface area (Å²) in [5, 5.41) is 10.0. The number of aliphatic hydroxyl groups is 1. The van der Waals surface area contributed by atoms with E-state index in [1.807, 2.05) is 0 Å². The van der Waals surface area contributed by atoms with Crippen molar-refractivity contribution in [3.63, 3.8) is 0 Å². The van der Waals surface area contributed by atoms with Crippen molar-refractivity contribution in [2.45, 2.75) is 30.9 Å². The van der Waals surface area contributed by atoms with Gasteiger partial charge in [0.15, 0.2) is 0 Å². The molecule has 1 saturated carbocycles. The summed E-state index contributed by atoms with van der Waals surface area (Å²) in [6.45, 7) is 0. The van der Waals surface area contributed by atoms with Crippen LogP contribution in [-0.2, 0) is 5.60 Å². The first-order chi connectivity index (χ1) is 5.71. The summed E-state index contributed by atoms with van der Waals surface area (Å²) in [6.07, 6.45) is 3.77. The SMILES string of the molecule is NC1CCC(O)(c2ccco2)C1. The first-order valence-electron chi connectivity index (χ1n) is 4.23. The molecule has 1 aromatic heterocycles. The molecule has 0 bridgehead atoms.